The molecule has 0 aromatic heterocycles. The van der Waals surface area contributed by atoms with E-state index >= 15 is 0 Å². The van der Waals surface area contributed by atoms with Crippen molar-refractivity contribution in [3.8, 4) is 5.75 Å². The summed E-state index contributed by atoms with van der Waals surface area (Å²) in [7, 11) is 0. The molecule has 0 heterocycles. The predicted molar refractivity (Wildman–Crippen MR) is 78.6 cm³/mol. The minimum absolute atomic E-state index is 0.0473. The van der Waals surface area contributed by atoms with Crippen molar-refractivity contribution in [2.24, 2.45) is 0 Å². The molecule has 106 valence electrons. The monoisotopic (exact) mass is 263 g/mol. The van der Waals surface area contributed by atoms with Crippen molar-refractivity contribution in [2.45, 2.75) is 52.4 Å². The molecule has 0 bridgehead atoms. The van der Waals surface area contributed by atoms with E-state index in [0.717, 1.165) is 18.4 Å². The van der Waals surface area contributed by atoms with Crippen LogP contribution in [0.15, 0.2) is 18.2 Å². The third-order valence-electron chi connectivity index (χ3n) is 3.21. The van der Waals surface area contributed by atoms with Gasteiger partial charge < -0.3 is 10.4 Å². The summed E-state index contributed by atoms with van der Waals surface area (Å²) in [5, 5.41) is 12.5. The van der Waals surface area contributed by atoms with Gasteiger partial charge in [-0.3, -0.25) is 4.79 Å². The lowest BCUT2D eigenvalue weighted by atomic mass is 10.1. The van der Waals surface area contributed by atoms with Gasteiger partial charge in [0, 0.05) is 6.54 Å². The van der Waals surface area contributed by atoms with E-state index in [1.54, 1.807) is 18.2 Å². The van der Waals surface area contributed by atoms with Gasteiger partial charge in [0.1, 0.15) is 5.75 Å². The Balaban J connectivity index is 2.26. The number of carbonyl (C=O) groups is 1. The molecule has 2 N–H and O–H groups in total. The van der Waals surface area contributed by atoms with Crippen LogP contribution in [0.2, 0.25) is 0 Å². The van der Waals surface area contributed by atoms with Crippen LogP contribution in [0.3, 0.4) is 0 Å². The topological polar surface area (TPSA) is 49.3 Å². The Labute approximate surface area is 116 Å². The summed E-state index contributed by atoms with van der Waals surface area (Å²) in [4.78, 5) is 11.9. The number of hydrogen-bond acceptors (Lipinski definition) is 2. The summed E-state index contributed by atoms with van der Waals surface area (Å²) in [6.07, 6.45) is 7.22. The predicted octanol–water partition coefficient (Wildman–Crippen LogP) is 3.79. The van der Waals surface area contributed by atoms with E-state index < -0.39 is 0 Å². The third-order valence-corrected chi connectivity index (χ3v) is 3.21. The van der Waals surface area contributed by atoms with Gasteiger partial charge in [0.2, 0.25) is 0 Å². The first-order valence-corrected chi connectivity index (χ1v) is 7.23. The molecule has 0 spiro atoms. The lowest BCUT2D eigenvalue weighted by Gasteiger charge is -2.07. The maximum atomic E-state index is 11.9. The molecule has 3 nitrogen and oxygen atoms in total. The van der Waals surface area contributed by atoms with Gasteiger partial charge in [-0.2, -0.15) is 0 Å². The molecule has 0 unspecified atom stereocenters. The molecule has 19 heavy (non-hydrogen) atoms. The van der Waals surface area contributed by atoms with Crippen molar-refractivity contribution in [3.63, 3.8) is 0 Å². The van der Waals surface area contributed by atoms with Crippen LogP contribution in [0.25, 0.3) is 0 Å². The molecule has 0 aliphatic heterocycles. The molecule has 3 heteroatoms. The number of rotatable bonds is 8. The normalized spacial score (nSPS) is 10.4. The zero-order chi connectivity index (χ0) is 14.1. The number of carbonyl (C=O) groups excluding carboxylic acids is 1. The Morgan fingerprint density at radius 1 is 1.16 bits per heavy atom. The number of benzene rings is 1. The molecule has 0 atom stereocenters. The van der Waals surface area contributed by atoms with Crippen molar-refractivity contribution in [1.82, 2.24) is 5.32 Å². The van der Waals surface area contributed by atoms with Gasteiger partial charge >= 0.3 is 0 Å². The highest BCUT2D eigenvalue weighted by atomic mass is 16.3. The van der Waals surface area contributed by atoms with Crippen molar-refractivity contribution in [1.29, 1.82) is 0 Å². The van der Waals surface area contributed by atoms with Crippen LogP contribution in [0, 0.1) is 6.92 Å². The SMILES string of the molecule is CCCCCCCCNC(=O)c1cc(C)ccc1O. The Bertz CT molecular complexity index is 402. The number of unbranched alkanes of at least 4 members (excludes halogenated alkanes) is 5. The summed E-state index contributed by atoms with van der Waals surface area (Å²) in [6, 6.07) is 5.07. The highest BCUT2D eigenvalue weighted by molar-refractivity contribution is 5.96. The molecular formula is C16H25NO2. The first-order chi connectivity index (χ1) is 9.15. The smallest absolute Gasteiger partial charge is 0.255 e. The highest BCUT2D eigenvalue weighted by Gasteiger charge is 2.10. The Hall–Kier alpha value is -1.51. The summed E-state index contributed by atoms with van der Waals surface area (Å²) >= 11 is 0. The van der Waals surface area contributed by atoms with E-state index in [4.69, 9.17) is 0 Å². The van der Waals surface area contributed by atoms with Gasteiger partial charge in [-0.1, -0.05) is 50.7 Å². The third kappa shape index (κ3) is 5.77. The molecule has 1 amide bonds. The van der Waals surface area contributed by atoms with E-state index in [1.807, 2.05) is 6.92 Å². The molecule has 0 fully saturated rings. The lowest BCUT2D eigenvalue weighted by molar-refractivity contribution is 0.0950. The van der Waals surface area contributed by atoms with Crippen molar-refractivity contribution >= 4 is 5.91 Å². The summed E-state index contributed by atoms with van der Waals surface area (Å²) in [5.74, 6) is -0.138. The van der Waals surface area contributed by atoms with Gasteiger partial charge in [0.15, 0.2) is 0 Å². The van der Waals surface area contributed by atoms with E-state index in [2.05, 4.69) is 12.2 Å². The van der Waals surface area contributed by atoms with Crippen LogP contribution < -0.4 is 5.32 Å². The van der Waals surface area contributed by atoms with E-state index in [-0.39, 0.29) is 11.7 Å². The Kier molecular flexibility index (Phi) is 7.01. The molecule has 0 aliphatic rings. The largest absolute Gasteiger partial charge is 0.507 e. The molecule has 1 aromatic carbocycles. The number of phenolic OH excluding ortho intramolecular Hbond substituents is 1. The number of amides is 1. The fraction of sp³-hybridized carbons (Fsp3) is 0.562. The minimum atomic E-state index is -0.185. The second-order valence-electron chi connectivity index (χ2n) is 5.04. The number of aryl methyl sites for hydroxylation is 1. The van der Waals surface area contributed by atoms with Crippen LogP contribution in [-0.4, -0.2) is 17.6 Å². The van der Waals surface area contributed by atoms with Crippen LogP contribution in [0.4, 0.5) is 0 Å². The Morgan fingerprint density at radius 2 is 1.84 bits per heavy atom. The van der Waals surface area contributed by atoms with Gasteiger partial charge in [0.25, 0.3) is 5.91 Å². The maximum absolute atomic E-state index is 11.9. The van der Waals surface area contributed by atoms with Gasteiger partial charge in [0.05, 0.1) is 5.56 Å². The zero-order valence-corrected chi connectivity index (χ0v) is 12.0. The zero-order valence-electron chi connectivity index (χ0n) is 12.0. The van der Waals surface area contributed by atoms with Crippen molar-refractivity contribution < 1.29 is 9.90 Å². The van der Waals surface area contributed by atoms with Crippen LogP contribution in [-0.2, 0) is 0 Å². The number of phenols is 1. The number of aromatic hydroxyl groups is 1. The second kappa shape index (κ2) is 8.57. The average molecular weight is 263 g/mol. The van der Waals surface area contributed by atoms with Crippen LogP contribution >= 0.6 is 0 Å². The summed E-state index contributed by atoms with van der Waals surface area (Å²) in [6.45, 7) is 4.79. The minimum Gasteiger partial charge on any atom is -0.507 e. The first kappa shape index (κ1) is 15.5. The first-order valence-electron chi connectivity index (χ1n) is 7.23. The van der Waals surface area contributed by atoms with Gasteiger partial charge in [-0.15, -0.1) is 0 Å². The van der Waals surface area contributed by atoms with Gasteiger partial charge in [-0.25, -0.2) is 0 Å². The lowest BCUT2D eigenvalue weighted by Crippen LogP contribution is -2.24. The van der Waals surface area contributed by atoms with E-state index in [0.29, 0.717) is 12.1 Å². The fourth-order valence-electron chi connectivity index (χ4n) is 2.03. The standard InChI is InChI=1S/C16H25NO2/c1-3-4-5-6-7-8-11-17-16(19)14-12-13(2)9-10-15(14)18/h9-10,12,18H,3-8,11H2,1-2H3,(H,17,19). The molecular weight excluding hydrogens is 238 g/mol. The van der Waals surface area contributed by atoms with Crippen molar-refractivity contribution in [3.05, 3.63) is 29.3 Å². The molecule has 0 aliphatic carbocycles. The quantitative estimate of drug-likeness (QED) is 0.701. The van der Waals surface area contributed by atoms with E-state index in [9.17, 15) is 9.90 Å². The molecule has 0 saturated heterocycles. The molecule has 0 saturated carbocycles. The summed E-state index contributed by atoms with van der Waals surface area (Å²) < 4.78 is 0. The number of nitrogens with one attached hydrogen (secondary N) is 1. The van der Waals surface area contributed by atoms with E-state index in [1.165, 1.54) is 25.7 Å². The number of hydrogen-bond donors (Lipinski definition) is 2. The molecule has 1 rings (SSSR count). The summed E-state index contributed by atoms with van der Waals surface area (Å²) in [5.41, 5.74) is 1.34. The fourth-order valence-corrected chi connectivity index (χ4v) is 2.03. The van der Waals surface area contributed by atoms with Crippen LogP contribution in [0.1, 0.15) is 61.4 Å². The maximum Gasteiger partial charge on any atom is 0.255 e. The van der Waals surface area contributed by atoms with Crippen LogP contribution in [0.5, 0.6) is 5.75 Å². The van der Waals surface area contributed by atoms with Gasteiger partial charge in [-0.05, 0) is 25.5 Å². The molecule has 1 aromatic rings. The molecule has 0 radical (unpaired) electrons. The average Bonchev–Trinajstić information content (AvgIpc) is 2.40. The van der Waals surface area contributed by atoms with Crippen molar-refractivity contribution in [2.75, 3.05) is 6.54 Å². The highest BCUT2D eigenvalue weighted by Crippen LogP contribution is 2.17. The second-order valence-corrected chi connectivity index (χ2v) is 5.04. The Morgan fingerprint density at radius 3 is 2.58 bits per heavy atom.